The molecule has 2 heterocycles. The first kappa shape index (κ1) is 13.5. The lowest BCUT2D eigenvalue weighted by Gasteiger charge is -2.32. The van der Waals surface area contributed by atoms with Gasteiger partial charge in [-0.2, -0.15) is 5.10 Å². The number of rotatable bonds is 6. The van der Waals surface area contributed by atoms with Crippen LogP contribution >= 0.6 is 0 Å². The van der Waals surface area contributed by atoms with Crippen molar-refractivity contribution in [3.63, 3.8) is 0 Å². The maximum atomic E-state index is 4.29. The Morgan fingerprint density at radius 3 is 2.78 bits per heavy atom. The third kappa shape index (κ3) is 3.53. The lowest BCUT2D eigenvalue weighted by Crippen LogP contribution is -2.42. The highest BCUT2D eigenvalue weighted by Gasteiger charge is 2.18. The fraction of sp³-hybridized carbons (Fsp3) is 0.846. The van der Waals surface area contributed by atoms with Crippen LogP contribution in [0.25, 0.3) is 0 Å². The van der Waals surface area contributed by atoms with Crippen molar-refractivity contribution in [1.82, 2.24) is 25.0 Å². The summed E-state index contributed by atoms with van der Waals surface area (Å²) in [7, 11) is 0. The molecule has 5 nitrogen and oxygen atoms in total. The molecule has 0 bridgehead atoms. The summed E-state index contributed by atoms with van der Waals surface area (Å²) in [6, 6.07) is 0.639. The Bertz CT molecular complexity index is 341. The average Bonchev–Trinajstić information content (AvgIpc) is 2.86. The topological polar surface area (TPSA) is 46.0 Å². The molecule has 1 aliphatic heterocycles. The quantitative estimate of drug-likeness (QED) is 0.827. The van der Waals surface area contributed by atoms with Gasteiger partial charge in [0.05, 0.1) is 6.54 Å². The average molecular weight is 251 g/mol. The predicted molar refractivity (Wildman–Crippen MR) is 72.3 cm³/mol. The zero-order chi connectivity index (χ0) is 12.8. The van der Waals surface area contributed by atoms with Crippen LogP contribution in [0.5, 0.6) is 0 Å². The first-order chi connectivity index (χ1) is 8.83. The minimum atomic E-state index is 0.639. The second-order valence-corrected chi connectivity index (χ2v) is 4.99. The van der Waals surface area contributed by atoms with Gasteiger partial charge in [0.25, 0.3) is 0 Å². The Kier molecular flexibility index (Phi) is 5.13. The first-order valence-electron chi connectivity index (χ1n) is 7.16. The molecule has 1 fully saturated rings. The molecule has 0 unspecified atom stereocenters. The first-order valence-corrected chi connectivity index (χ1v) is 7.16. The van der Waals surface area contributed by atoms with Gasteiger partial charge in [-0.25, -0.2) is 9.67 Å². The molecule has 0 amide bonds. The van der Waals surface area contributed by atoms with Crippen molar-refractivity contribution in [3.8, 4) is 0 Å². The van der Waals surface area contributed by atoms with E-state index in [4.69, 9.17) is 0 Å². The van der Waals surface area contributed by atoms with Gasteiger partial charge in [0.1, 0.15) is 12.2 Å². The molecule has 2 rings (SSSR count). The zero-order valence-corrected chi connectivity index (χ0v) is 11.6. The Labute approximate surface area is 110 Å². The minimum Gasteiger partial charge on any atom is -0.307 e. The van der Waals surface area contributed by atoms with Crippen LogP contribution in [0.1, 0.15) is 38.9 Å². The van der Waals surface area contributed by atoms with Gasteiger partial charge < -0.3 is 10.2 Å². The van der Waals surface area contributed by atoms with Crippen LogP contribution in [-0.2, 0) is 13.1 Å². The van der Waals surface area contributed by atoms with Crippen LogP contribution in [0.2, 0.25) is 0 Å². The van der Waals surface area contributed by atoms with E-state index in [1.807, 2.05) is 4.68 Å². The standard InChI is InChI=1S/C13H25N5/c1-3-7-17-8-5-12(6-9-17)14-10-13-15-11-16-18(13)4-2/h11-12,14H,3-10H2,1-2H3. The molecule has 0 spiro atoms. The van der Waals surface area contributed by atoms with Gasteiger partial charge in [-0.3, -0.25) is 0 Å². The van der Waals surface area contributed by atoms with Crippen LogP contribution in [0.4, 0.5) is 0 Å². The Hall–Kier alpha value is -0.940. The molecule has 1 aromatic heterocycles. The molecule has 1 saturated heterocycles. The molecule has 1 aliphatic rings. The van der Waals surface area contributed by atoms with E-state index in [2.05, 4.69) is 34.1 Å². The van der Waals surface area contributed by atoms with E-state index in [1.54, 1.807) is 6.33 Å². The van der Waals surface area contributed by atoms with E-state index in [-0.39, 0.29) is 0 Å². The molecular weight excluding hydrogens is 226 g/mol. The van der Waals surface area contributed by atoms with Gasteiger partial charge in [0, 0.05) is 12.6 Å². The summed E-state index contributed by atoms with van der Waals surface area (Å²) in [6.07, 6.45) is 5.41. The minimum absolute atomic E-state index is 0.639. The lowest BCUT2D eigenvalue weighted by molar-refractivity contribution is 0.197. The molecule has 0 saturated carbocycles. The van der Waals surface area contributed by atoms with Gasteiger partial charge in [0.2, 0.25) is 0 Å². The molecule has 5 heteroatoms. The van der Waals surface area contributed by atoms with Crippen LogP contribution < -0.4 is 5.32 Å². The maximum absolute atomic E-state index is 4.29. The fourth-order valence-electron chi connectivity index (χ4n) is 2.60. The summed E-state index contributed by atoms with van der Waals surface area (Å²) in [5.41, 5.74) is 0. The summed E-state index contributed by atoms with van der Waals surface area (Å²) < 4.78 is 1.96. The van der Waals surface area contributed by atoms with Crippen LogP contribution in [0, 0.1) is 0 Å². The van der Waals surface area contributed by atoms with Crippen LogP contribution in [-0.4, -0.2) is 45.3 Å². The third-order valence-corrected chi connectivity index (χ3v) is 3.67. The summed E-state index contributed by atoms with van der Waals surface area (Å²) in [5, 5.41) is 7.80. The summed E-state index contributed by atoms with van der Waals surface area (Å²) in [6.45, 7) is 9.79. The van der Waals surface area contributed by atoms with E-state index < -0.39 is 0 Å². The van der Waals surface area contributed by atoms with Crippen LogP contribution in [0.3, 0.4) is 0 Å². The van der Waals surface area contributed by atoms with Crippen molar-refractivity contribution in [3.05, 3.63) is 12.2 Å². The highest BCUT2D eigenvalue weighted by atomic mass is 15.3. The number of aryl methyl sites for hydroxylation is 1. The monoisotopic (exact) mass is 251 g/mol. The predicted octanol–water partition coefficient (Wildman–Crippen LogP) is 1.26. The highest BCUT2D eigenvalue weighted by Crippen LogP contribution is 2.11. The summed E-state index contributed by atoms with van der Waals surface area (Å²) in [4.78, 5) is 6.86. The van der Waals surface area contributed by atoms with Gasteiger partial charge in [-0.05, 0) is 45.8 Å². The van der Waals surface area contributed by atoms with E-state index >= 15 is 0 Å². The molecule has 0 aliphatic carbocycles. The van der Waals surface area contributed by atoms with Crippen molar-refractivity contribution in [1.29, 1.82) is 0 Å². The molecule has 0 radical (unpaired) electrons. The third-order valence-electron chi connectivity index (χ3n) is 3.67. The van der Waals surface area contributed by atoms with Gasteiger partial charge in [0.15, 0.2) is 0 Å². The Morgan fingerprint density at radius 1 is 1.33 bits per heavy atom. The molecule has 18 heavy (non-hydrogen) atoms. The normalized spacial score (nSPS) is 18.3. The number of aromatic nitrogens is 3. The number of hydrogen-bond acceptors (Lipinski definition) is 4. The number of nitrogens with one attached hydrogen (secondary N) is 1. The van der Waals surface area contributed by atoms with E-state index in [0.29, 0.717) is 6.04 Å². The second-order valence-electron chi connectivity index (χ2n) is 4.99. The molecule has 0 atom stereocenters. The smallest absolute Gasteiger partial charge is 0.140 e. The Balaban J connectivity index is 1.72. The fourth-order valence-corrected chi connectivity index (χ4v) is 2.60. The van der Waals surface area contributed by atoms with E-state index in [0.717, 1.165) is 18.9 Å². The summed E-state index contributed by atoms with van der Waals surface area (Å²) >= 11 is 0. The zero-order valence-electron chi connectivity index (χ0n) is 11.6. The molecule has 1 aromatic rings. The number of hydrogen-bond donors (Lipinski definition) is 1. The van der Waals surface area contributed by atoms with Crippen molar-refractivity contribution in [2.24, 2.45) is 0 Å². The molecule has 102 valence electrons. The second kappa shape index (κ2) is 6.85. The van der Waals surface area contributed by atoms with E-state index in [9.17, 15) is 0 Å². The summed E-state index contributed by atoms with van der Waals surface area (Å²) in [5.74, 6) is 1.05. The maximum Gasteiger partial charge on any atom is 0.140 e. The van der Waals surface area contributed by atoms with Crippen molar-refractivity contribution < 1.29 is 0 Å². The SMILES string of the molecule is CCCN1CCC(NCc2ncnn2CC)CC1. The molecular formula is C13H25N5. The van der Waals surface area contributed by atoms with Gasteiger partial charge in [-0.1, -0.05) is 6.92 Å². The number of likely N-dealkylation sites (tertiary alicyclic amines) is 1. The van der Waals surface area contributed by atoms with Crippen LogP contribution in [0.15, 0.2) is 6.33 Å². The highest BCUT2D eigenvalue weighted by molar-refractivity contribution is 4.86. The molecule has 0 aromatic carbocycles. The number of nitrogens with zero attached hydrogens (tertiary/aromatic N) is 4. The van der Waals surface area contributed by atoms with Gasteiger partial charge >= 0.3 is 0 Å². The van der Waals surface area contributed by atoms with Crippen molar-refractivity contribution in [2.75, 3.05) is 19.6 Å². The lowest BCUT2D eigenvalue weighted by atomic mass is 10.0. The number of piperidine rings is 1. The molecule has 1 N–H and O–H groups in total. The van der Waals surface area contributed by atoms with Crippen molar-refractivity contribution in [2.45, 2.75) is 52.2 Å². The van der Waals surface area contributed by atoms with E-state index in [1.165, 1.54) is 38.9 Å². The van der Waals surface area contributed by atoms with Gasteiger partial charge in [-0.15, -0.1) is 0 Å². The van der Waals surface area contributed by atoms with Crippen molar-refractivity contribution >= 4 is 0 Å². The largest absolute Gasteiger partial charge is 0.307 e. The Morgan fingerprint density at radius 2 is 2.11 bits per heavy atom.